The van der Waals surface area contributed by atoms with Crippen LogP contribution in [0.25, 0.3) is 33.0 Å². The fourth-order valence-electron chi connectivity index (χ4n) is 13.7. The highest BCUT2D eigenvalue weighted by Crippen LogP contribution is 2.49. The minimum atomic E-state index is -2.13. The van der Waals surface area contributed by atoms with Gasteiger partial charge in [0.2, 0.25) is 17.7 Å². The first-order valence-corrected chi connectivity index (χ1v) is 36.4. The van der Waals surface area contributed by atoms with Crippen molar-refractivity contribution in [2.45, 2.75) is 176 Å². The van der Waals surface area contributed by atoms with Crippen molar-refractivity contribution >= 4 is 104 Å². The molecular formula is C78H97N9O22. The quantitative estimate of drug-likeness (QED) is 0.00715. The standard InChI is InChI=1S/C78H97N9O22/c1-40(2)62(84-56(89)20-13-12-14-33-87-57(90)27-28-58(87)91)75(99)83-53(19-16-32-80-76(79)100)74(98)81-49-23-21-48(22-24-49)38-103-77(101)104-39-86-34-29-50(30-35-86)107-51-25-26-52-55(37-51)108-71-63(82-52)59-60-67(94)46(8)70-61(59)72(96)78(10,109-70)105-36-31-54(102-11)43(5)69(106-47(9)88)45(7)66(93)44(6)65(92)41(3)17-15-18-42(4)73(97)85-64(71)68(60)95/h15,17-18,21-28,31,36-37,40-41,43-45,50,53-54,62,65-66,69,92-93,95H,12-14,16,19-20,29-30,32-35,38-39H2,1-11H3,(H,81,98)(H,83,99)(H,84,89)(H,85,97)(H3,79,80,100)/b17-15+,36-31+,42-18-/t41-,43+,44+,45+,53-,54-,62-,65-,66+,69+,78-/m0/s1. The molecule has 5 heterocycles. The molecule has 5 aromatic rings. The van der Waals surface area contributed by atoms with E-state index in [-0.39, 0.29) is 131 Å². The fraction of sp³-hybridized carbons (Fsp3) is 0.487. The molecule has 0 unspecified atom stereocenters. The Balaban J connectivity index is 0.837. The molecule has 1 saturated heterocycles. The van der Waals surface area contributed by atoms with Gasteiger partial charge in [-0.2, -0.15) is 0 Å². The van der Waals surface area contributed by atoms with E-state index in [2.05, 4.69) is 26.6 Å². The van der Waals surface area contributed by atoms with E-state index in [0.717, 1.165) is 4.90 Å². The fourth-order valence-corrected chi connectivity index (χ4v) is 13.7. The number of carbonyl (C=O) groups is 10. The highest BCUT2D eigenvalue weighted by Gasteiger charge is 2.50. The van der Waals surface area contributed by atoms with Crippen LogP contribution >= 0.6 is 0 Å². The number of piperidine rings is 1. The molecular weight excluding hydrogens is 1410 g/mol. The van der Waals surface area contributed by atoms with Crippen molar-refractivity contribution in [3.63, 3.8) is 0 Å². The number of unbranched alkanes of at least 4 members (excludes halogenated alkanes) is 2. The van der Waals surface area contributed by atoms with Gasteiger partial charge >= 0.3 is 23.9 Å². The van der Waals surface area contributed by atoms with Crippen molar-refractivity contribution in [3.05, 3.63) is 118 Å². The molecule has 0 spiro atoms. The number of primary amides is 1. The Morgan fingerprint density at radius 1 is 0.844 bits per heavy atom. The highest BCUT2D eigenvalue weighted by atomic mass is 16.7. The maximum Gasteiger partial charge on any atom is 0.509 e. The van der Waals surface area contributed by atoms with Crippen LogP contribution in [0.4, 0.5) is 21.0 Å². The van der Waals surface area contributed by atoms with Gasteiger partial charge in [-0.3, -0.25) is 53.0 Å². The van der Waals surface area contributed by atoms with Crippen LogP contribution in [0.3, 0.4) is 0 Å². The molecule has 9 rings (SSSR count). The number of ether oxygens (including phenoxy) is 7. The van der Waals surface area contributed by atoms with E-state index in [9.17, 15) is 63.3 Å². The number of aliphatic hydroxyl groups is 2. The number of amides is 8. The Bertz CT molecular complexity index is 4450. The predicted octanol–water partition coefficient (Wildman–Crippen LogP) is 7.65. The number of nitrogens with zero attached hydrogens (tertiary/aromatic N) is 3. The molecule has 4 aliphatic heterocycles. The summed E-state index contributed by atoms with van der Waals surface area (Å²) >= 11 is 0. The van der Waals surface area contributed by atoms with Gasteiger partial charge in [-0.05, 0) is 94.2 Å². The topological polar surface area (TPSA) is 432 Å². The Morgan fingerprint density at radius 3 is 2.22 bits per heavy atom. The van der Waals surface area contributed by atoms with Crippen molar-refractivity contribution in [1.29, 1.82) is 0 Å². The second-order valence-electron chi connectivity index (χ2n) is 28.5. The van der Waals surface area contributed by atoms with Gasteiger partial charge in [-0.15, -0.1) is 0 Å². The van der Waals surface area contributed by atoms with Gasteiger partial charge in [0.25, 0.3) is 23.5 Å². The van der Waals surface area contributed by atoms with Crippen LogP contribution in [-0.4, -0.2) is 178 Å². The van der Waals surface area contributed by atoms with E-state index >= 15 is 4.79 Å². The van der Waals surface area contributed by atoms with E-state index in [1.54, 1.807) is 96.2 Å². The number of hydrogen-bond donors (Lipinski definition) is 9. The number of Topliss-reactive ketones (excluding diaryl/α,β-unsaturated/α-hetero) is 1. The van der Waals surface area contributed by atoms with E-state index in [4.69, 9.17) is 48.3 Å². The summed E-state index contributed by atoms with van der Waals surface area (Å²) in [6.07, 6.45) is 7.31. The number of benzene rings is 4. The molecule has 0 saturated carbocycles. The monoisotopic (exact) mass is 1510 g/mol. The molecule has 0 radical (unpaired) electrons. The molecule has 1 fully saturated rings. The largest absolute Gasteiger partial charge is 0.509 e. The zero-order valence-electron chi connectivity index (χ0n) is 62.9. The van der Waals surface area contributed by atoms with Crippen molar-refractivity contribution in [1.82, 2.24) is 30.7 Å². The lowest BCUT2D eigenvalue weighted by molar-refractivity contribution is -0.160. The van der Waals surface area contributed by atoms with Crippen LogP contribution in [0.1, 0.15) is 135 Å². The summed E-state index contributed by atoms with van der Waals surface area (Å²) in [5.74, 6) is -10.2. The molecule has 31 heteroatoms. The van der Waals surface area contributed by atoms with Crippen LogP contribution in [-0.2, 0) is 63.9 Å². The number of likely N-dealkylation sites (tertiary alicyclic amines) is 1. The second kappa shape index (κ2) is 36.4. The molecule has 10 N–H and O–H groups in total. The van der Waals surface area contributed by atoms with Gasteiger partial charge in [0.05, 0.1) is 35.5 Å². The van der Waals surface area contributed by atoms with Crippen molar-refractivity contribution in [2.75, 3.05) is 50.7 Å². The number of methoxy groups -OCH3 is 1. The number of carbonyl (C=O) groups excluding carboxylic acids is 10. The summed E-state index contributed by atoms with van der Waals surface area (Å²) in [4.78, 5) is 153. The number of anilines is 2. The highest BCUT2D eigenvalue weighted by molar-refractivity contribution is 6.26. The third-order valence-electron chi connectivity index (χ3n) is 20.1. The first kappa shape index (κ1) is 82.3. The molecule has 4 aromatic carbocycles. The van der Waals surface area contributed by atoms with Gasteiger partial charge in [-0.1, -0.05) is 78.3 Å². The van der Waals surface area contributed by atoms with Gasteiger partial charge < -0.3 is 85.2 Å². The van der Waals surface area contributed by atoms with Crippen LogP contribution in [0.5, 0.6) is 17.2 Å². The number of hydrogen-bond acceptors (Lipinski definition) is 24. The van der Waals surface area contributed by atoms with Crippen LogP contribution < -0.4 is 47.2 Å². The number of phenols is 1. The molecule has 4 bridgehead atoms. The number of rotatable bonds is 24. The first-order valence-electron chi connectivity index (χ1n) is 36.4. The Kier molecular flexibility index (Phi) is 27.5. The van der Waals surface area contributed by atoms with E-state index in [1.165, 1.54) is 65.4 Å². The number of allylic oxidation sites excluding steroid dienone is 2. The van der Waals surface area contributed by atoms with Crippen molar-refractivity contribution < 1.29 is 101 Å². The lowest BCUT2D eigenvalue weighted by Crippen LogP contribution is -2.54. The third-order valence-corrected chi connectivity index (χ3v) is 20.1. The number of nitrogens with one attached hydrogen (secondary N) is 5. The number of aliphatic hydroxyl groups excluding tert-OH is 2. The summed E-state index contributed by atoms with van der Waals surface area (Å²) in [5.41, 5.74) is 4.95. The molecule has 31 nitrogen and oxygen atoms in total. The molecule has 11 atom stereocenters. The first-order chi connectivity index (χ1) is 51.8. The Hall–Kier alpha value is -10.8. The Morgan fingerprint density at radius 2 is 1.55 bits per heavy atom. The zero-order chi connectivity index (χ0) is 79.3. The lowest BCUT2D eigenvalue weighted by atomic mass is 9.78. The van der Waals surface area contributed by atoms with Crippen LogP contribution in [0, 0.1) is 36.5 Å². The molecule has 1 aromatic heterocycles. The Labute approximate surface area is 629 Å². The second-order valence-corrected chi connectivity index (χ2v) is 28.5. The van der Waals surface area contributed by atoms with Crippen molar-refractivity contribution in [2.24, 2.45) is 35.3 Å². The number of esters is 1. The zero-order valence-corrected chi connectivity index (χ0v) is 62.9. The minimum Gasteiger partial charge on any atom is -0.505 e. The predicted molar refractivity (Wildman–Crippen MR) is 398 cm³/mol. The number of aromatic nitrogens is 1. The van der Waals surface area contributed by atoms with Gasteiger partial charge in [0.1, 0.15) is 65.8 Å². The van der Waals surface area contributed by atoms with E-state index in [1.807, 2.05) is 4.90 Å². The molecule has 4 aliphatic rings. The van der Waals surface area contributed by atoms with Crippen LogP contribution in [0.2, 0.25) is 0 Å². The average molecular weight is 1510 g/mol. The molecule has 586 valence electrons. The normalized spacial score (nSPS) is 23.8. The van der Waals surface area contributed by atoms with Crippen LogP contribution in [0.15, 0.2) is 100.0 Å². The smallest absolute Gasteiger partial charge is 0.505 e. The minimum absolute atomic E-state index is 0.0660. The van der Waals surface area contributed by atoms with Crippen molar-refractivity contribution in [3.8, 4) is 17.2 Å². The summed E-state index contributed by atoms with van der Waals surface area (Å²) < 4.78 is 48.0. The summed E-state index contributed by atoms with van der Waals surface area (Å²) in [6.45, 7) is 16.8. The summed E-state index contributed by atoms with van der Waals surface area (Å²) in [6, 6.07) is 8.39. The summed E-state index contributed by atoms with van der Waals surface area (Å²) in [5, 5.41) is 48.6. The number of fused-ring (bicyclic) bond motifs is 2. The number of urea groups is 1. The average Bonchev–Trinajstić information content (AvgIpc) is 1.64. The third kappa shape index (κ3) is 20.0. The molecule has 0 aliphatic carbocycles. The number of ketones is 1. The van der Waals surface area contributed by atoms with E-state index < -0.39 is 125 Å². The van der Waals surface area contributed by atoms with Gasteiger partial charge in [0, 0.05) is 118 Å². The van der Waals surface area contributed by atoms with Gasteiger partial charge in [-0.25, -0.2) is 14.6 Å². The molecule has 109 heavy (non-hydrogen) atoms. The molecule has 8 amide bonds. The van der Waals surface area contributed by atoms with E-state index in [0.29, 0.717) is 62.2 Å². The number of aromatic hydroxyl groups is 1. The summed E-state index contributed by atoms with van der Waals surface area (Å²) in [7, 11) is 1.42. The maximum absolute atomic E-state index is 15.0. The number of nitrogens with two attached hydrogens (primary N) is 1. The van der Waals surface area contributed by atoms with Gasteiger partial charge in [0.15, 0.2) is 22.3 Å². The number of imide groups is 1. The number of phenolic OH excluding ortho intramolecular Hbond substituents is 1. The SMILES string of the molecule is CO[C@H]1/C=C/O[C@@]2(C)Oc3c(C)c(=O)c4c(O)c(c5oc6cc(OC7CCN(COC(=O)OCc8ccc(NC(=O)[C@H](CCCNC(N)=O)NC(=O)[C@@H](NC(=O)CCCCCN9C(=O)C=CC9=O)C(C)C)cc8)CC7)ccc6nc5c4c3C2=O)NC(=O)/C(C)=C\C=C\[C@H](C)[C@H](O)[C@@H](C)[C@@H](O)[C@@H](C)[C@H](OC(C)=O)[C@@H]1C. The maximum atomic E-state index is 15.0. The lowest BCUT2D eigenvalue weighted by Gasteiger charge is -2.38.